The second-order valence-corrected chi connectivity index (χ2v) is 8.61. The minimum absolute atomic E-state index is 0.0107. The third-order valence-electron chi connectivity index (χ3n) is 5.52. The first-order valence-corrected chi connectivity index (χ1v) is 10.9. The molecule has 3 heterocycles. The van der Waals surface area contributed by atoms with Crippen molar-refractivity contribution in [2.24, 2.45) is 5.92 Å². The summed E-state index contributed by atoms with van der Waals surface area (Å²) in [5.74, 6) is 0.351. The molecule has 0 radical (unpaired) electrons. The van der Waals surface area contributed by atoms with Gasteiger partial charge in [-0.2, -0.15) is 11.8 Å². The Morgan fingerprint density at radius 2 is 1.75 bits per heavy atom. The third kappa shape index (κ3) is 4.22. The monoisotopic (exact) mass is 395 g/mol. The number of carbonyl (C=O) groups excluding carboxylic acids is 2. The second kappa shape index (κ2) is 8.78. The summed E-state index contributed by atoms with van der Waals surface area (Å²) < 4.78 is 0. The molecule has 6 heteroatoms. The number of anilines is 1. The van der Waals surface area contributed by atoms with Crippen LogP contribution in [0.4, 0.5) is 5.69 Å². The Labute approximate surface area is 170 Å². The van der Waals surface area contributed by atoms with E-state index in [0.717, 1.165) is 43.1 Å². The summed E-state index contributed by atoms with van der Waals surface area (Å²) in [6.45, 7) is 2.11. The lowest BCUT2D eigenvalue weighted by Gasteiger charge is -2.33. The number of nitrogens with zero attached hydrogens (tertiary/aromatic N) is 3. The predicted octanol–water partition coefficient (Wildman–Crippen LogP) is 3.36. The zero-order chi connectivity index (χ0) is 19.3. The average molecular weight is 396 g/mol. The quantitative estimate of drug-likeness (QED) is 0.729. The number of hydrogen-bond donors (Lipinski definition) is 0. The van der Waals surface area contributed by atoms with Crippen molar-refractivity contribution in [3.05, 3.63) is 60.4 Å². The molecule has 2 fully saturated rings. The van der Waals surface area contributed by atoms with E-state index in [1.807, 2.05) is 65.3 Å². The number of pyridine rings is 1. The molecule has 0 aliphatic carbocycles. The van der Waals surface area contributed by atoms with Gasteiger partial charge in [0.15, 0.2) is 0 Å². The molecule has 1 aromatic carbocycles. The van der Waals surface area contributed by atoms with Gasteiger partial charge in [-0.05, 0) is 43.5 Å². The van der Waals surface area contributed by atoms with E-state index >= 15 is 0 Å². The van der Waals surface area contributed by atoms with E-state index in [-0.39, 0.29) is 11.8 Å². The number of para-hydroxylation sites is 1. The Morgan fingerprint density at radius 3 is 2.46 bits per heavy atom. The van der Waals surface area contributed by atoms with Crippen LogP contribution in [0.3, 0.4) is 0 Å². The van der Waals surface area contributed by atoms with Crippen LogP contribution in [0.2, 0.25) is 0 Å². The minimum atomic E-state index is -0.516. The number of carbonyl (C=O) groups is 2. The molecule has 2 aliphatic heterocycles. The Morgan fingerprint density at radius 1 is 1.00 bits per heavy atom. The standard InChI is InChI=1S/C22H25N3O2S/c26-21(20-11-15-25(22(20)27)18-7-2-1-3-8-18)24-13-9-19(10-14-24)28-16-17-6-4-5-12-23-17/h1-8,12,19-20H,9-11,13-16H2/t20-/m0/s1. The van der Waals surface area contributed by atoms with Crippen LogP contribution >= 0.6 is 11.8 Å². The molecular weight excluding hydrogens is 370 g/mol. The topological polar surface area (TPSA) is 53.5 Å². The molecule has 28 heavy (non-hydrogen) atoms. The van der Waals surface area contributed by atoms with Gasteiger partial charge in [0.05, 0.1) is 5.69 Å². The molecule has 0 unspecified atom stereocenters. The SMILES string of the molecule is O=C([C@@H]1CCN(c2ccccc2)C1=O)N1CCC(SCc2ccccn2)CC1. The molecule has 1 aromatic heterocycles. The van der Waals surface area contributed by atoms with Crippen LogP contribution in [0.1, 0.15) is 25.0 Å². The van der Waals surface area contributed by atoms with E-state index in [9.17, 15) is 9.59 Å². The number of benzene rings is 1. The van der Waals surface area contributed by atoms with Gasteiger partial charge in [0.1, 0.15) is 5.92 Å². The maximum atomic E-state index is 12.9. The Bertz CT molecular complexity index is 807. The van der Waals surface area contributed by atoms with Gasteiger partial charge in [0.2, 0.25) is 11.8 Å². The lowest BCUT2D eigenvalue weighted by Crippen LogP contribution is -2.44. The van der Waals surface area contributed by atoms with E-state index < -0.39 is 5.92 Å². The first kappa shape index (κ1) is 19.0. The molecule has 0 bridgehead atoms. The van der Waals surface area contributed by atoms with Crippen molar-refractivity contribution in [2.45, 2.75) is 30.3 Å². The predicted molar refractivity (Wildman–Crippen MR) is 112 cm³/mol. The van der Waals surface area contributed by atoms with Gasteiger partial charge in [-0.25, -0.2) is 0 Å². The fraction of sp³-hybridized carbons (Fsp3) is 0.409. The van der Waals surface area contributed by atoms with Gasteiger partial charge in [0.25, 0.3) is 0 Å². The molecule has 2 aromatic rings. The lowest BCUT2D eigenvalue weighted by molar-refractivity contribution is -0.140. The number of likely N-dealkylation sites (tertiary alicyclic amines) is 1. The zero-order valence-corrected chi connectivity index (χ0v) is 16.7. The Balaban J connectivity index is 1.28. The van der Waals surface area contributed by atoms with Crippen LogP contribution in [0.15, 0.2) is 54.7 Å². The normalized spacial score (nSPS) is 20.6. The Kier molecular flexibility index (Phi) is 5.95. The lowest BCUT2D eigenvalue weighted by atomic mass is 10.0. The second-order valence-electron chi connectivity index (χ2n) is 7.32. The molecule has 2 saturated heterocycles. The van der Waals surface area contributed by atoms with Crippen molar-refractivity contribution in [3.63, 3.8) is 0 Å². The van der Waals surface area contributed by atoms with E-state index in [2.05, 4.69) is 11.1 Å². The molecule has 5 nitrogen and oxygen atoms in total. The largest absolute Gasteiger partial charge is 0.342 e. The highest BCUT2D eigenvalue weighted by Crippen LogP contribution is 2.30. The van der Waals surface area contributed by atoms with Crippen LogP contribution in [-0.2, 0) is 15.3 Å². The fourth-order valence-electron chi connectivity index (χ4n) is 3.92. The number of amides is 2. The number of piperidine rings is 1. The smallest absolute Gasteiger partial charge is 0.239 e. The van der Waals surface area contributed by atoms with E-state index in [4.69, 9.17) is 0 Å². The highest BCUT2D eigenvalue weighted by Gasteiger charge is 2.40. The summed E-state index contributed by atoms with van der Waals surface area (Å²) in [4.78, 5) is 33.7. The highest BCUT2D eigenvalue weighted by atomic mass is 32.2. The molecule has 2 aliphatic rings. The Hall–Kier alpha value is -2.34. The zero-order valence-electron chi connectivity index (χ0n) is 15.9. The molecule has 2 amide bonds. The molecule has 1 atom stereocenters. The number of thioether (sulfide) groups is 1. The number of hydrogen-bond acceptors (Lipinski definition) is 4. The van der Waals surface area contributed by atoms with Crippen molar-refractivity contribution in [3.8, 4) is 0 Å². The van der Waals surface area contributed by atoms with Gasteiger partial charge in [-0.15, -0.1) is 0 Å². The summed E-state index contributed by atoms with van der Waals surface area (Å²) in [5, 5.41) is 0.547. The fourth-order valence-corrected chi connectivity index (χ4v) is 5.04. The van der Waals surface area contributed by atoms with Crippen molar-refractivity contribution in [2.75, 3.05) is 24.5 Å². The van der Waals surface area contributed by atoms with Gasteiger partial charge in [-0.3, -0.25) is 14.6 Å². The molecule has 0 spiro atoms. The van der Waals surface area contributed by atoms with Crippen LogP contribution in [0.5, 0.6) is 0 Å². The van der Waals surface area contributed by atoms with Crippen LogP contribution in [0.25, 0.3) is 0 Å². The molecule has 4 rings (SSSR count). The molecule has 0 saturated carbocycles. The van der Waals surface area contributed by atoms with E-state index in [1.165, 1.54) is 0 Å². The van der Waals surface area contributed by atoms with Crippen LogP contribution in [0, 0.1) is 5.92 Å². The van der Waals surface area contributed by atoms with Crippen LogP contribution < -0.4 is 4.90 Å². The summed E-state index contributed by atoms with van der Waals surface area (Å²) in [5.41, 5.74) is 1.98. The maximum absolute atomic E-state index is 12.9. The van der Waals surface area contributed by atoms with Crippen molar-refractivity contribution in [1.82, 2.24) is 9.88 Å². The summed E-state index contributed by atoms with van der Waals surface area (Å²) in [7, 11) is 0. The van der Waals surface area contributed by atoms with Crippen molar-refractivity contribution < 1.29 is 9.59 Å². The summed E-state index contributed by atoms with van der Waals surface area (Å²) >= 11 is 1.92. The van der Waals surface area contributed by atoms with E-state index in [0.29, 0.717) is 18.2 Å². The van der Waals surface area contributed by atoms with Crippen molar-refractivity contribution in [1.29, 1.82) is 0 Å². The number of rotatable bonds is 5. The first-order valence-electron chi connectivity index (χ1n) is 9.89. The first-order chi connectivity index (χ1) is 13.7. The summed E-state index contributed by atoms with van der Waals surface area (Å²) in [6.07, 6.45) is 4.40. The van der Waals surface area contributed by atoms with E-state index in [1.54, 1.807) is 4.90 Å². The molecular formula is C22H25N3O2S. The van der Waals surface area contributed by atoms with Gasteiger partial charge >= 0.3 is 0 Å². The van der Waals surface area contributed by atoms with Crippen molar-refractivity contribution >= 4 is 29.3 Å². The highest BCUT2D eigenvalue weighted by molar-refractivity contribution is 7.99. The average Bonchev–Trinajstić information content (AvgIpc) is 3.15. The van der Waals surface area contributed by atoms with Gasteiger partial charge in [0, 0.05) is 42.5 Å². The minimum Gasteiger partial charge on any atom is -0.342 e. The van der Waals surface area contributed by atoms with Gasteiger partial charge < -0.3 is 9.80 Å². The number of aromatic nitrogens is 1. The maximum Gasteiger partial charge on any atom is 0.239 e. The van der Waals surface area contributed by atoms with Gasteiger partial charge in [-0.1, -0.05) is 24.3 Å². The molecule has 0 N–H and O–H groups in total. The third-order valence-corrected chi connectivity index (χ3v) is 6.92. The summed E-state index contributed by atoms with van der Waals surface area (Å²) in [6, 6.07) is 15.6. The van der Waals surface area contributed by atoms with Crippen LogP contribution in [-0.4, -0.2) is 46.6 Å². The molecule has 146 valence electrons.